The molecule has 1 aromatic carbocycles. The lowest BCUT2D eigenvalue weighted by Gasteiger charge is -2.22. The minimum Gasteiger partial charge on any atom is -0.457 e. The Morgan fingerprint density at radius 2 is 2.22 bits per heavy atom. The van der Waals surface area contributed by atoms with Gasteiger partial charge in [-0.2, -0.15) is 0 Å². The number of aliphatic hydroxyl groups is 1. The molecule has 3 aliphatic heterocycles. The van der Waals surface area contributed by atoms with Crippen molar-refractivity contribution in [3.63, 3.8) is 0 Å². The molecule has 0 saturated carbocycles. The number of carbonyl (C=O) groups is 1. The Bertz CT molecular complexity index is 617. The SMILES string of the molecule is Cc1c([C@@H](O)CN2CC3CC[NH2+]CC3C2)ccc2c1COC2=O. The van der Waals surface area contributed by atoms with Crippen LogP contribution in [-0.2, 0) is 11.3 Å². The molecule has 2 unspecified atom stereocenters. The Balaban J connectivity index is 1.48. The molecule has 4 rings (SSSR count). The van der Waals surface area contributed by atoms with Crippen LogP contribution in [0.4, 0.5) is 0 Å². The number of nitrogens with two attached hydrogens (primary N) is 1. The molecule has 2 saturated heterocycles. The van der Waals surface area contributed by atoms with E-state index < -0.39 is 6.10 Å². The number of likely N-dealkylation sites (tertiary alicyclic amines) is 1. The number of benzene rings is 1. The second kappa shape index (κ2) is 5.89. The summed E-state index contributed by atoms with van der Waals surface area (Å²) in [6, 6.07) is 3.69. The fraction of sp³-hybridized carbons (Fsp3) is 0.611. The molecule has 3 aliphatic rings. The van der Waals surface area contributed by atoms with Gasteiger partial charge in [-0.15, -0.1) is 0 Å². The molecule has 3 heterocycles. The lowest BCUT2D eigenvalue weighted by atomic mass is 9.90. The fourth-order valence-electron chi connectivity index (χ4n) is 4.51. The van der Waals surface area contributed by atoms with E-state index in [0.29, 0.717) is 18.7 Å². The summed E-state index contributed by atoms with van der Waals surface area (Å²) in [7, 11) is 0. The number of hydrogen-bond acceptors (Lipinski definition) is 4. The van der Waals surface area contributed by atoms with Crippen LogP contribution < -0.4 is 5.32 Å². The number of piperidine rings is 1. The molecule has 3 atom stereocenters. The molecule has 5 heteroatoms. The highest BCUT2D eigenvalue weighted by atomic mass is 16.5. The Morgan fingerprint density at radius 3 is 3.04 bits per heavy atom. The molecular formula is C18H25N2O3+. The molecular weight excluding hydrogens is 292 g/mol. The van der Waals surface area contributed by atoms with Crippen molar-refractivity contribution in [1.29, 1.82) is 0 Å². The zero-order valence-electron chi connectivity index (χ0n) is 13.6. The van der Waals surface area contributed by atoms with Crippen molar-refractivity contribution in [2.24, 2.45) is 11.8 Å². The van der Waals surface area contributed by atoms with Crippen LogP contribution in [0.1, 0.15) is 39.6 Å². The first kappa shape index (κ1) is 15.1. The van der Waals surface area contributed by atoms with Crippen LogP contribution in [0.3, 0.4) is 0 Å². The van der Waals surface area contributed by atoms with Gasteiger partial charge in [-0.3, -0.25) is 4.90 Å². The van der Waals surface area contributed by atoms with E-state index in [1.807, 2.05) is 13.0 Å². The molecule has 0 spiro atoms. The number of cyclic esters (lactones) is 1. The van der Waals surface area contributed by atoms with Crippen molar-refractivity contribution in [3.8, 4) is 0 Å². The van der Waals surface area contributed by atoms with E-state index in [1.165, 1.54) is 19.5 Å². The lowest BCUT2D eigenvalue weighted by Crippen LogP contribution is -2.88. The van der Waals surface area contributed by atoms with Crippen LogP contribution in [0.15, 0.2) is 12.1 Å². The number of rotatable bonds is 3. The zero-order chi connectivity index (χ0) is 16.0. The second-order valence-corrected chi connectivity index (χ2v) is 7.24. The van der Waals surface area contributed by atoms with Crippen LogP contribution in [0, 0.1) is 18.8 Å². The van der Waals surface area contributed by atoms with E-state index in [0.717, 1.165) is 41.6 Å². The van der Waals surface area contributed by atoms with E-state index in [1.54, 1.807) is 6.07 Å². The number of aliphatic hydroxyl groups excluding tert-OH is 1. The Hall–Kier alpha value is -1.43. The van der Waals surface area contributed by atoms with E-state index in [-0.39, 0.29) is 5.97 Å². The van der Waals surface area contributed by atoms with Crippen molar-refractivity contribution >= 4 is 5.97 Å². The highest BCUT2D eigenvalue weighted by Crippen LogP contribution is 2.31. The van der Waals surface area contributed by atoms with E-state index >= 15 is 0 Å². The van der Waals surface area contributed by atoms with E-state index in [2.05, 4.69) is 10.2 Å². The van der Waals surface area contributed by atoms with Crippen LogP contribution in [0.2, 0.25) is 0 Å². The summed E-state index contributed by atoms with van der Waals surface area (Å²) < 4.78 is 5.10. The van der Waals surface area contributed by atoms with Gasteiger partial charge in [0, 0.05) is 37.5 Å². The van der Waals surface area contributed by atoms with Crippen molar-refractivity contribution < 1.29 is 20.0 Å². The van der Waals surface area contributed by atoms with Gasteiger partial charge >= 0.3 is 5.97 Å². The summed E-state index contributed by atoms with van der Waals surface area (Å²) in [5.74, 6) is 1.34. The number of fused-ring (bicyclic) bond motifs is 2. The fourth-order valence-corrected chi connectivity index (χ4v) is 4.51. The number of carbonyl (C=O) groups excluding carboxylic acids is 1. The monoisotopic (exact) mass is 317 g/mol. The normalized spacial score (nSPS) is 28.3. The highest BCUT2D eigenvalue weighted by Gasteiger charge is 2.37. The summed E-state index contributed by atoms with van der Waals surface area (Å²) in [5.41, 5.74) is 3.53. The zero-order valence-corrected chi connectivity index (χ0v) is 13.6. The van der Waals surface area contributed by atoms with Gasteiger partial charge in [0.05, 0.1) is 24.8 Å². The lowest BCUT2D eigenvalue weighted by molar-refractivity contribution is -0.670. The number of β-amino-alcohol motifs (C(OH)–C–C–N with tert-alkyl or cyclic N) is 1. The van der Waals surface area contributed by atoms with Gasteiger partial charge in [-0.05, 0) is 30.0 Å². The Labute approximate surface area is 136 Å². The minimum absolute atomic E-state index is 0.246. The Morgan fingerprint density at radius 1 is 1.39 bits per heavy atom. The van der Waals surface area contributed by atoms with Crippen molar-refractivity contribution in [2.45, 2.75) is 26.1 Å². The summed E-state index contributed by atoms with van der Waals surface area (Å²) in [5, 5.41) is 13.1. The number of hydrogen-bond donors (Lipinski definition) is 2. The second-order valence-electron chi connectivity index (χ2n) is 7.24. The predicted molar refractivity (Wildman–Crippen MR) is 85.0 cm³/mol. The summed E-state index contributed by atoms with van der Waals surface area (Å²) in [4.78, 5) is 14.0. The molecule has 23 heavy (non-hydrogen) atoms. The Kier molecular flexibility index (Phi) is 3.87. The third-order valence-corrected chi connectivity index (χ3v) is 5.86. The van der Waals surface area contributed by atoms with Gasteiger partial charge in [-0.25, -0.2) is 4.79 Å². The largest absolute Gasteiger partial charge is 0.457 e. The first-order valence-corrected chi connectivity index (χ1v) is 8.65. The number of esters is 1. The number of quaternary nitrogens is 1. The number of ether oxygens (including phenoxy) is 1. The maximum atomic E-state index is 11.6. The average Bonchev–Trinajstić information content (AvgIpc) is 3.11. The minimum atomic E-state index is -0.500. The van der Waals surface area contributed by atoms with Crippen LogP contribution in [-0.4, -0.2) is 48.7 Å². The molecule has 1 aromatic rings. The average molecular weight is 317 g/mol. The van der Waals surface area contributed by atoms with Crippen molar-refractivity contribution in [2.75, 3.05) is 32.7 Å². The van der Waals surface area contributed by atoms with Gasteiger partial charge in [-0.1, -0.05) is 6.07 Å². The van der Waals surface area contributed by atoms with E-state index in [4.69, 9.17) is 4.74 Å². The maximum absolute atomic E-state index is 11.6. The smallest absolute Gasteiger partial charge is 0.338 e. The molecule has 124 valence electrons. The molecule has 0 aromatic heterocycles. The third-order valence-electron chi connectivity index (χ3n) is 5.86. The summed E-state index contributed by atoms with van der Waals surface area (Å²) in [6.07, 6.45) is 0.800. The molecule has 0 aliphatic carbocycles. The number of nitrogens with zero attached hydrogens (tertiary/aromatic N) is 1. The topological polar surface area (TPSA) is 66.4 Å². The van der Waals surface area contributed by atoms with Crippen LogP contribution >= 0.6 is 0 Å². The van der Waals surface area contributed by atoms with Gasteiger partial charge in [0.2, 0.25) is 0 Å². The van der Waals surface area contributed by atoms with Gasteiger partial charge in [0.1, 0.15) is 6.61 Å². The van der Waals surface area contributed by atoms with Gasteiger partial charge in [0.15, 0.2) is 0 Å². The molecule has 2 fully saturated rings. The summed E-state index contributed by atoms with van der Waals surface area (Å²) >= 11 is 0. The molecule has 0 bridgehead atoms. The molecule has 3 N–H and O–H groups in total. The van der Waals surface area contributed by atoms with Crippen molar-refractivity contribution in [3.05, 3.63) is 34.4 Å². The van der Waals surface area contributed by atoms with Crippen LogP contribution in [0.5, 0.6) is 0 Å². The third kappa shape index (κ3) is 2.67. The molecule has 0 amide bonds. The quantitative estimate of drug-likeness (QED) is 0.783. The predicted octanol–water partition coefficient (Wildman–Crippen LogP) is 0.214. The van der Waals surface area contributed by atoms with E-state index in [9.17, 15) is 9.90 Å². The summed E-state index contributed by atoms with van der Waals surface area (Å²) in [6.45, 7) is 7.69. The first-order chi connectivity index (χ1) is 11.1. The van der Waals surface area contributed by atoms with Crippen molar-refractivity contribution in [1.82, 2.24) is 4.90 Å². The first-order valence-electron chi connectivity index (χ1n) is 8.65. The standard InChI is InChI=1S/C18H24N2O3/c1-11-14(2-3-15-16(11)10-23-18(15)22)17(21)9-20-7-12-4-5-19-6-13(12)8-20/h2-3,12-13,17,19,21H,4-10H2,1H3/p+1/t12?,13?,17-/m0/s1. The molecule has 0 radical (unpaired) electrons. The maximum Gasteiger partial charge on any atom is 0.338 e. The molecule has 5 nitrogen and oxygen atoms in total. The van der Waals surface area contributed by atoms with Crippen LogP contribution in [0.25, 0.3) is 0 Å². The van der Waals surface area contributed by atoms with Gasteiger partial charge < -0.3 is 15.2 Å². The highest BCUT2D eigenvalue weighted by molar-refractivity contribution is 5.93. The van der Waals surface area contributed by atoms with Gasteiger partial charge in [0.25, 0.3) is 0 Å².